The highest BCUT2D eigenvalue weighted by Crippen LogP contribution is 2.27. The molecule has 3 amide bonds. The quantitative estimate of drug-likeness (QED) is 0.271. The average molecular weight is 550 g/mol. The molecule has 0 aliphatic rings. The van der Waals surface area contributed by atoms with E-state index in [2.05, 4.69) is 16.1 Å². The fraction of sp³-hybridized carbons (Fsp3) is 0.0417. The van der Waals surface area contributed by atoms with E-state index in [0.717, 1.165) is 5.56 Å². The Bertz CT molecular complexity index is 1450. The molecular weight excluding hydrogens is 534 g/mol. The third kappa shape index (κ3) is 5.89. The molecule has 4 aromatic rings. The Morgan fingerprint density at radius 2 is 1.40 bits per heavy atom. The zero-order chi connectivity index (χ0) is 25.1. The van der Waals surface area contributed by atoms with Gasteiger partial charge in [-0.25, -0.2) is 4.68 Å². The van der Waals surface area contributed by atoms with Crippen LogP contribution in [0.25, 0.3) is 10.9 Å². The van der Waals surface area contributed by atoms with E-state index in [1.165, 1.54) is 16.8 Å². The van der Waals surface area contributed by atoms with E-state index in [-0.39, 0.29) is 17.3 Å². The molecule has 7 nitrogen and oxygen atoms in total. The largest absolute Gasteiger partial charge is 0.344 e. The molecule has 0 aliphatic carbocycles. The number of benzene rings is 3. The van der Waals surface area contributed by atoms with Gasteiger partial charge in [0.15, 0.2) is 0 Å². The third-order valence-electron chi connectivity index (χ3n) is 4.96. The van der Waals surface area contributed by atoms with Crippen molar-refractivity contribution in [3.8, 4) is 0 Å². The summed E-state index contributed by atoms with van der Waals surface area (Å²) >= 11 is 24.0. The summed E-state index contributed by atoms with van der Waals surface area (Å²) in [6, 6.07) is 17.8. The fourth-order valence-corrected chi connectivity index (χ4v) is 4.03. The highest BCUT2D eigenvalue weighted by molar-refractivity contribution is 6.38. The number of halogens is 4. The van der Waals surface area contributed by atoms with Crippen LogP contribution < -0.4 is 16.1 Å². The highest BCUT2D eigenvalue weighted by atomic mass is 35.5. The van der Waals surface area contributed by atoms with E-state index in [1.54, 1.807) is 54.6 Å². The van der Waals surface area contributed by atoms with Crippen LogP contribution in [0, 0.1) is 0 Å². The predicted molar refractivity (Wildman–Crippen MR) is 139 cm³/mol. The molecule has 3 N–H and O–H groups in total. The molecule has 1 aromatic heterocycles. The Morgan fingerprint density at radius 3 is 2.11 bits per heavy atom. The molecular formula is C24H16Cl4N4O3. The first-order valence-electron chi connectivity index (χ1n) is 10.1. The van der Waals surface area contributed by atoms with Crippen LogP contribution >= 0.6 is 46.4 Å². The first kappa shape index (κ1) is 24.9. The van der Waals surface area contributed by atoms with Gasteiger partial charge in [-0.3, -0.25) is 19.8 Å². The van der Waals surface area contributed by atoms with Crippen molar-refractivity contribution in [1.82, 2.24) is 9.99 Å². The maximum atomic E-state index is 13.1. The summed E-state index contributed by atoms with van der Waals surface area (Å²) in [5, 5.41) is 7.43. The number of carbonyl (C=O) groups is 3. The molecule has 0 saturated heterocycles. The number of rotatable bonds is 5. The van der Waals surface area contributed by atoms with Crippen LogP contribution in [0.1, 0.15) is 16.1 Å². The Balaban J connectivity index is 1.57. The van der Waals surface area contributed by atoms with E-state index in [0.29, 0.717) is 31.7 Å². The topological polar surface area (TPSA) is 92.2 Å². The molecule has 11 heteroatoms. The number of hydrogen-bond donors (Lipinski definition) is 3. The average Bonchev–Trinajstić information content (AvgIpc) is 3.17. The minimum Gasteiger partial charge on any atom is -0.344 e. The molecule has 0 radical (unpaired) electrons. The molecule has 35 heavy (non-hydrogen) atoms. The van der Waals surface area contributed by atoms with E-state index >= 15 is 0 Å². The maximum Gasteiger partial charge on any atom is 0.328 e. The molecule has 0 atom stereocenters. The summed E-state index contributed by atoms with van der Waals surface area (Å²) in [4.78, 5) is 38.2. The van der Waals surface area contributed by atoms with Crippen molar-refractivity contribution in [2.45, 2.75) is 6.54 Å². The lowest BCUT2D eigenvalue weighted by Gasteiger charge is -2.13. The van der Waals surface area contributed by atoms with Gasteiger partial charge >= 0.3 is 11.8 Å². The third-order valence-corrected chi connectivity index (χ3v) is 6.00. The van der Waals surface area contributed by atoms with Gasteiger partial charge in [0.05, 0.1) is 16.2 Å². The van der Waals surface area contributed by atoms with Gasteiger partial charge in [0.2, 0.25) is 0 Å². The van der Waals surface area contributed by atoms with Crippen molar-refractivity contribution in [1.29, 1.82) is 0 Å². The Labute approximate surface area is 219 Å². The number of fused-ring (bicyclic) bond motifs is 1. The van der Waals surface area contributed by atoms with Crippen LogP contribution in [-0.4, -0.2) is 22.4 Å². The van der Waals surface area contributed by atoms with Gasteiger partial charge in [-0.05, 0) is 60.2 Å². The Hall–Kier alpha value is -3.23. The molecule has 178 valence electrons. The van der Waals surface area contributed by atoms with Gasteiger partial charge in [-0.15, -0.1) is 0 Å². The second kappa shape index (κ2) is 10.6. The molecule has 0 unspecified atom stereocenters. The lowest BCUT2D eigenvalue weighted by molar-refractivity contribution is -0.136. The number of nitrogens with zero attached hydrogens (tertiary/aromatic N) is 1. The molecule has 0 saturated carbocycles. The minimum atomic E-state index is -0.968. The zero-order valence-electron chi connectivity index (χ0n) is 17.7. The SMILES string of the molecule is O=C(NCc1ccc(Cl)cc1)C(=O)Nn1c(C(=O)Nc2ccc(Cl)cc2Cl)cc2cc(Cl)ccc21. The molecule has 0 spiro atoms. The molecule has 3 aromatic carbocycles. The number of carbonyl (C=O) groups excluding carboxylic acids is 3. The van der Waals surface area contributed by atoms with Crippen LogP contribution in [0.2, 0.25) is 20.1 Å². The Morgan fingerprint density at radius 1 is 0.743 bits per heavy atom. The monoisotopic (exact) mass is 548 g/mol. The van der Waals surface area contributed by atoms with Crippen LogP contribution in [0.3, 0.4) is 0 Å². The van der Waals surface area contributed by atoms with Gasteiger partial charge in [0, 0.05) is 27.0 Å². The second-order valence-corrected chi connectivity index (χ2v) is 9.11. The van der Waals surface area contributed by atoms with Crippen LogP contribution in [-0.2, 0) is 16.1 Å². The van der Waals surface area contributed by atoms with Gasteiger partial charge in [0.1, 0.15) is 5.69 Å². The maximum absolute atomic E-state index is 13.1. The number of anilines is 1. The van der Waals surface area contributed by atoms with Crippen molar-refractivity contribution >= 4 is 80.7 Å². The number of aromatic nitrogens is 1. The predicted octanol–water partition coefficient (Wildman–Crippen LogP) is 5.89. The smallest absolute Gasteiger partial charge is 0.328 e. The van der Waals surface area contributed by atoms with Crippen molar-refractivity contribution in [3.63, 3.8) is 0 Å². The van der Waals surface area contributed by atoms with Crippen molar-refractivity contribution < 1.29 is 14.4 Å². The molecule has 4 rings (SSSR count). The first-order chi connectivity index (χ1) is 16.7. The molecule has 1 heterocycles. The van der Waals surface area contributed by atoms with Gasteiger partial charge in [-0.1, -0.05) is 58.5 Å². The van der Waals surface area contributed by atoms with Gasteiger partial charge in [0.25, 0.3) is 5.91 Å². The molecule has 0 aliphatic heterocycles. The summed E-state index contributed by atoms with van der Waals surface area (Å²) in [7, 11) is 0. The van der Waals surface area contributed by atoms with Crippen LogP contribution in [0.15, 0.2) is 66.7 Å². The fourth-order valence-electron chi connectivity index (χ4n) is 3.27. The van der Waals surface area contributed by atoms with Gasteiger partial charge in [-0.2, -0.15) is 0 Å². The highest BCUT2D eigenvalue weighted by Gasteiger charge is 2.21. The summed E-state index contributed by atoms with van der Waals surface area (Å²) in [5.41, 5.74) is 4.07. The van der Waals surface area contributed by atoms with E-state index in [4.69, 9.17) is 46.4 Å². The first-order valence-corrected chi connectivity index (χ1v) is 11.6. The van der Waals surface area contributed by atoms with E-state index < -0.39 is 17.7 Å². The van der Waals surface area contributed by atoms with Crippen LogP contribution in [0.5, 0.6) is 0 Å². The van der Waals surface area contributed by atoms with E-state index in [1.807, 2.05) is 0 Å². The lowest BCUT2D eigenvalue weighted by atomic mass is 10.2. The summed E-state index contributed by atoms with van der Waals surface area (Å²) < 4.78 is 1.22. The standard InChI is InChI=1S/C24H16Cl4N4O3/c25-15-3-1-13(2-4-15)12-29-23(34)24(35)31-32-20-8-6-16(26)9-14(20)10-21(32)22(33)30-19-7-5-17(27)11-18(19)28/h1-11H,12H2,(H,29,34)(H,30,33)(H,31,35). The molecule has 0 bridgehead atoms. The summed E-state index contributed by atoms with van der Waals surface area (Å²) in [5.74, 6) is -2.43. The Kier molecular flexibility index (Phi) is 7.52. The number of hydrogen-bond acceptors (Lipinski definition) is 3. The zero-order valence-corrected chi connectivity index (χ0v) is 20.8. The normalized spacial score (nSPS) is 10.7. The van der Waals surface area contributed by atoms with Crippen LogP contribution in [0.4, 0.5) is 5.69 Å². The van der Waals surface area contributed by atoms with Crippen molar-refractivity contribution in [2.75, 3.05) is 10.7 Å². The number of amides is 3. The number of nitrogens with one attached hydrogen (secondary N) is 3. The van der Waals surface area contributed by atoms with Crippen molar-refractivity contribution in [3.05, 3.63) is 98.1 Å². The van der Waals surface area contributed by atoms with E-state index in [9.17, 15) is 14.4 Å². The molecule has 0 fully saturated rings. The second-order valence-electron chi connectivity index (χ2n) is 7.40. The summed E-state index contributed by atoms with van der Waals surface area (Å²) in [6.07, 6.45) is 0. The van der Waals surface area contributed by atoms with Gasteiger partial charge < -0.3 is 10.6 Å². The van der Waals surface area contributed by atoms with Crippen molar-refractivity contribution in [2.24, 2.45) is 0 Å². The minimum absolute atomic E-state index is 0.0483. The lowest BCUT2D eigenvalue weighted by Crippen LogP contribution is -2.39. The summed E-state index contributed by atoms with van der Waals surface area (Å²) in [6.45, 7) is 0.119.